The second-order valence-electron chi connectivity index (χ2n) is 6.74. The Bertz CT molecular complexity index is 664. The quantitative estimate of drug-likeness (QED) is 0.724. The van der Waals surface area contributed by atoms with Crippen molar-refractivity contribution in [1.82, 2.24) is 9.88 Å². The molecular weight excluding hydrogens is 312 g/mol. The molecule has 0 radical (unpaired) electrons. The molecule has 126 valence electrons. The van der Waals surface area contributed by atoms with Gasteiger partial charge in [0.25, 0.3) is 0 Å². The van der Waals surface area contributed by atoms with Crippen molar-refractivity contribution in [3.63, 3.8) is 0 Å². The van der Waals surface area contributed by atoms with Crippen molar-refractivity contribution in [2.75, 3.05) is 13.2 Å². The zero-order valence-electron chi connectivity index (χ0n) is 13.8. The van der Waals surface area contributed by atoms with Gasteiger partial charge in [0.05, 0.1) is 0 Å². The highest BCUT2D eigenvalue weighted by atomic mass is 35.5. The van der Waals surface area contributed by atoms with Crippen LogP contribution in [0.5, 0.6) is 0 Å². The number of fused-ring (bicyclic) bond motifs is 1. The number of aliphatic hydroxyl groups is 1. The Hall–Kier alpha value is -1.52. The van der Waals surface area contributed by atoms with Gasteiger partial charge in [-0.15, -0.1) is 0 Å². The third kappa shape index (κ3) is 5.26. The Kier molecular flexibility index (Phi) is 6.08. The Balaban J connectivity index is 1.76. The van der Waals surface area contributed by atoms with Crippen LogP contribution in [0.3, 0.4) is 0 Å². The van der Waals surface area contributed by atoms with Gasteiger partial charge in [0.15, 0.2) is 0 Å². The molecular formula is C18H25ClN2O2. The maximum absolute atomic E-state index is 11.9. The van der Waals surface area contributed by atoms with Crippen molar-refractivity contribution in [2.45, 2.75) is 39.7 Å². The van der Waals surface area contributed by atoms with Gasteiger partial charge in [0, 0.05) is 48.2 Å². The van der Waals surface area contributed by atoms with Crippen LogP contribution in [0, 0.1) is 5.41 Å². The summed E-state index contributed by atoms with van der Waals surface area (Å²) >= 11 is 5.98. The Labute approximate surface area is 142 Å². The largest absolute Gasteiger partial charge is 0.396 e. The molecule has 0 aliphatic carbocycles. The minimum atomic E-state index is -0.0734. The Morgan fingerprint density at radius 1 is 1.35 bits per heavy atom. The lowest BCUT2D eigenvalue weighted by Crippen LogP contribution is -2.27. The van der Waals surface area contributed by atoms with E-state index in [1.165, 1.54) is 0 Å². The van der Waals surface area contributed by atoms with Crippen LogP contribution in [0.15, 0.2) is 30.5 Å². The summed E-state index contributed by atoms with van der Waals surface area (Å²) in [6.45, 7) is 5.53. The summed E-state index contributed by atoms with van der Waals surface area (Å²) in [6.07, 6.45) is 4.21. The maximum Gasteiger partial charge on any atom is 0.221 e. The first kappa shape index (κ1) is 17.8. The number of nitrogens with one attached hydrogen (secondary N) is 1. The fourth-order valence-electron chi connectivity index (χ4n) is 2.55. The van der Waals surface area contributed by atoms with Crippen LogP contribution >= 0.6 is 11.6 Å². The molecule has 5 heteroatoms. The van der Waals surface area contributed by atoms with Crippen LogP contribution in [0.4, 0.5) is 0 Å². The van der Waals surface area contributed by atoms with Gasteiger partial charge in [-0.05, 0) is 42.5 Å². The van der Waals surface area contributed by atoms with Gasteiger partial charge in [-0.2, -0.15) is 0 Å². The monoisotopic (exact) mass is 336 g/mol. The lowest BCUT2D eigenvalue weighted by molar-refractivity contribution is -0.121. The van der Waals surface area contributed by atoms with Gasteiger partial charge in [0.1, 0.15) is 0 Å². The first-order valence-corrected chi connectivity index (χ1v) is 8.41. The molecule has 1 amide bonds. The zero-order chi connectivity index (χ0) is 16.9. The fourth-order valence-corrected chi connectivity index (χ4v) is 2.73. The molecule has 1 aromatic heterocycles. The maximum atomic E-state index is 11.9. The number of aliphatic hydroxyl groups excluding tert-OH is 1. The molecule has 1 aromatic carbocycles. The number of rotatable bonds is 8. The molecule has 0 aliphatic heterocycles. The van der Waals surface area contributed by atoms with Gasteiger partial charge in [-0.3, -0.25) is 4.79 Å². The van der Waals surface area contributed by atoms with E-state index in [0.717, 1.165) is 28.8 Å². The van der Waals surface area contributed by atoms with Gasteiger partial charge in [-0.1, -0.05) is 25.4 Å². The molecule has 2 aromatic rings. The van der Waals surface area contributed by atoms with Crippen LogP contribution in [0.1, 0.15) is 33.1 Å². The number of aromatic nitrogens is 1. The number of carbonyl (C=O) groups excluding carboxylic acids is 1. The molecule has 2 rings (SSSR count). The molecule has 0 spiro atoms. The number of amides is 1. The van der Waals surface area contributed by atoms with E-state index in [0.29, 0.717) is 19.5 Å². The summed E-state index contributed by atoms with van der Waals surface area (Å²) in [6, 6.07) is 7.78. The summed E-state index contributed by atoms with van der Waals surface area (Å²) < 4.78 is 2.07. The van der Waals surface area contributed by atoms with Gasteiger partial charge in [0.2, 0.25) is 5.91 Å². The zero-order valence-corrected chi connectivity index (χ0v) is 14.6. The lowest BCUT2D eigenvalue weighted by atomic mass is 9.89. The summed E-state index contributed by atoms with van der Waals surface area (Å²) in [5.74, 6) is 0.0580. The highest BCUT2D eigenvalue weighted by Gasteiger charge is 2.15. The highest BCUT2D eigenvalue weighted by Crippen LogP contribution is 2.21. The molecule has 0 unspecified atom stereocenters. The second-order valence-corrected chi connectivity index (χ2v) is 7.17. The number of benzene rings is 1. The van der Waals surface area contributed by atoms with Crippen LogP contribution in [-0.4, -0.2) is 28.7 Å². The lowest BCUT2D eigenvalue weighted by Gasteiger charge is -2.21. The van der Waals surface area contributed by atoms with Crippen LogP contribution < -0.4 is 5.32 Å². The summed E-state index contributed by atoms with van der Waals surface area (Å²) in [5, 5.41) is 13.9. The molecule has 0 saturated carbocycles. The van der Waals surface area contributed by atoms with E-state index in [2.05, 4.69) is 9.88 Å². The Morgan fingerprint density at radius 2 is 2.13 bits per heavy atom. The molecule has 1 heterocycles. The number of hydrogen-bond acceptors (Lipinski definition) is 2. The molecule has 0 aliphatic rings. The molecule has 4 nitrogen and oxygen atoms in total. The number of carbonyl (C=O) groups is 1. The van der Waals surface area contributed by atoms with E-state index < -0.39 is 0 Å². The SMILES string of the molecule is CC(C)(CO)CCCNC(=O)CCn1ccc2cc(Cl)ccc21. The third-order valence-corrected chi connectivity index (χ3v) is 4.33. The molecule has 0 bridgehead atoms. The van der Waals surface area contributed by atoms with Crippen LogP contribution in [0.2, 0.25) is 5.02 Å². The van der Waals surface area contributed by atoms with E-state index in [9.17, 15) is 9.90 Å². The summed E-state index contributed by atoms with van der Waals surface area (Å²) in [5.41, 5.74) is 1.02. The molecule has 0 atom stereocenters. The molecule has 0 fully saturated rings. The van der Waals surface area contributed by atoms with Crippen molar-refractivity contribution in [3.05, 3.63) is 35.5 Å². The van der Waals surface area contributed by atoms with E-state index >= 15 is 0 Å². The van der Waals surface area contributed by atoms with E-state index in [1.807, 2.05) is 44.3 Å². The Morgan fingerprint density at radius 3 is 2.87 bits per heavy atom. The van der Waals surface area contributed by atoms with Crippen molar-refractivity contribution in [3.8, 4) is 0 Å². The standard InChI is InChI=1S/C18H25ClN2O2/c1-18(2,13-22)8-3-9-20-17(23)7-11-21-10-6-14-12-15(19)4-5-16(14)21/h4-6,10,12,22H,3,7-9,11,13H2,1-2H3,(H,20,23). The third-order valence-electron chi connectivity index (χ3n) is 4.09. The number of aryl methyl sites for hydroxylation is 1. The first-order valence-electron chi connectivity index (χ1n) is 8.03. The number of hydrogen-bond donors (Lipinski definition) is 2. The fraction of sp³-hybridized carbons (Fsp3) is 0.500. The van der Waals surface area contributed by atoms with Crippen molar-refractivity contribution < 1.29 is 9.90 Å². The molecule has 2 N–H and O–H groups in total. The molecule has 0 saturated heterocycles. The van der Waals surface area contributed by atoms with E-state index in [4.69, 9.17) is 11.6 Å². The summed E-state index contributed by atoms with van der Waals surface area (Å²) in [4.78, 5) is 11.9. The van der Waals surface area contributed by atoms with Gasteiger partial charge in [-0.25, -0.2) is 0 Å². The van der Waals surface area contributed by atoms with Crippen LogP contribution in [0.25, 0.3) is 10.9 Å². The second kappa shape index (κ2) is 7.84. The number of halogens is 1. The van der Waals surface area contributed by atoms with Crippen molar-refractivity contribution in [1.29, 1.82) is 0 Å². The molecule has 23 heavy (non-hydrogen) atoms. The van der Waals surface area contributed by atoms with Crippen LogP contribution in [-0.2, 0) is 11.3 Å². The van der Waals surface area contributed by atoms with E-state index in [-0.39, 0.29) is 17.9 Å². The predicted molar refractivity (Wildman–Crippen MR) is 94.7 cm³/mol. The average molecular weight is 337 g/mol. The topological polar surface area (TPSA) is 54.3 Å². The first-order chi connectivity index (χ1) is 10.9. The highest BCUT2D eigenvalue weighted by molar-refractivity contribution is 6.31. The van der Waals surface area contributed by atoms with Gasteiger partial charge >= 0.3 is 0 Å². The minimum absolute atomic E-state index is 0.0580. The normalized spacial score (nSPS) is 11.8. The average Bonchev–Trinajstić information content (AvgIpc) is 2.91. The van der Waals surface area contributed by atoms with E-state index in [1.54, 1.807) is 0 Å². The smallest absolute Gasteiger partial charge is 0.221 e. The summed E-state index contributed by atoms with van der Waals surface area (Å²) in [7, 11) is 0. The number of nitrogens with zero attached hydrogens (tertiary/aromatic N) is 1. The van der Waals surface area contributed by atoms with Crippen molar-refractivity contribution in [2.24, 2.45) is 5.41 Å². The van der Waals surface area contributed by atoms with Crippen molar-refractivity contribution >= 4 is 28.4 Å². The minimum Gasteiger partial charge on any atom is -0.396 e. The van der Waals surface area contributed by atoms with Gasteiger partial charge < -0.3 is 15.0 Å². The predicted octanol–water partition coefficient (Wildman–Crippen LogP) is 3.60.